The molecule has 0 saturated carbocycles. The van der Waals surface area contributed by atoms with E-state index in [1.165, 1.54) is 13.3 Å². The van der Waals surface area contributed by atoms with Crippen LogP contribution in [0.1, 0.15) is 16.5 Å². The lowest BCUT2D eigenvalue weighted by Gasteiger charge is -2.22. The molecule has 5 heteroatoms. The normalized spacial score (nSPS) is 20.4. The van der Waals surface area contributed by atoms with Gasteiger partial charge in [-0.3, -0.25) is 0 Å². The maximum Gasteiger partial charge on any atom is 0.255 e. The van der Waals surface area contributed by atoms with Crippen molar-refractivity contribution < 1.29 is 13.9 Å². The fourth-order valence-corrected chi connectivity index (χ4v) is 1.78. The van der Waals surface area contributed by atoms with E-state index in [0.29, 0.717) is 18.8 Å². The van der Waals surface area contributed by atoms with Crippen LogP contribution in [0.4, 0.5) is 4.39 Å². The van der Waals surface area contributed by atoms with Gasteiger partial charge in [0.1, 0.15) is 0 Å². The molecule has 76 valence electrons. The number of methoxy groups -OCH3 is 1. The Morgan fingerprint density at radius 3 is 3.21 bits per heavy atom. The van der Waals surface area contributed by atoms with Gasteiger partial charge in [-0.2, -0.15) is 4.39 Å². The Morgan fingerprint density at radius 2 is 2.50 bits per heavy atom. The summed E-state index contributed by atoms with van der Waals surface area (Å²) in [6, 6.07) is 0. The van der Waals surface area contributed by atoms with Crippen molar-refractivity contribution in [3.63, 3.8) is 0 Å². The summed E-state index contributed by atoms with van der Waals surface area (Å²) in [5.41, 5.74) is 1.45. The molecule has 0 amide bonds. The summed E-state index contributed by atoms with van der Waals surface area (Å²) in [7, 11) is 1.40. The third kappa shape index (κ3) is 1.44. The molecule has 1 aromatic rings. The van der Waals surface area contributed by atoms with Crippen LogP contribution in [-0.2, 0) is 11.3 Å². The van der Waals surface area contributed by atoms with Crippen LogP contribution in [0.25, 0.3) is 0 Å². The van der Waals surface area contributed by atoms with Crippen molar-refractivity contribution in [3.8, 4) is 5.75 Å². The third-order valence-electron chi connectivity index (χ3n) is 2.18. The van der Waals surface area contributed by atoms with E-state index in [-0.39, 0.29) is 11.1 Å². The van der Waals surface area contributed by atoms with Crippen molar-refractivity contribution in [3.05, 3.63) is 23.3 Å². The summed E-state index contributed by atoms with van der Waals surface area (Å²) in [4.78, 5) is 3.58. The Labute approximate surface area is 85.8 Å². The highest BCUT2D eigenvalue weighted by atomic mass is 35.5. The van der Waals surface area contributed by atoms with E-state index in [1.807, 2.05) is 0 Å². The monoisotopic (exact) mass is 217 g/mol. The first-order valence-corrected chi connectivity index (χ1v) is 4.60. The Morgan fingerprint density at radius 1 is 1.71 bits per heavy atom. The first kappa shape index (κ1) is 9.68. The quantitative estimate of drug-likeness (QED) is 0.533. The van der Waals surface area contributed by atoms with Crippen LogP contribution in [0.2, 0.25) is 0 Å². The predicted molar refractivity (Wildman–Crippen MR) is 49.0 cm³/mol. The van der Waals surface area contributed by atoms with Gasteiger partial charge >= 0.3 is 0 Å². The highest BCUT2D eigenvalue weighted by molar-refractivity contribution is 6.21. The molecule has 2 rings (SSSR count). The Kier molecular flexibility index (Phi) is 2.56. The van der Waals surface area contributed by atoms with E-state index in [1.54, 1.807) is 0 Å². The van der Waals surface area contributed by atoms with Crippen LogP contribution in [-0.4, -0.2) is 18.7 Å². The van der Waals surface area contributed by atoms with E-state index < -0.39 is 5.95 Å². The molecule has 0 aromatic carbocycles. The molecule has 1 aliphatic rings. The van der Waals surface area contributed by atoms with Crippen molar-refractivity contribution in [1.29, 1.82) is 0 Å². The molecule has 2 heterocycles. The molecule has 1 aliphatic heterocycles. The molecule has 1 unspecified atom stereocenters. The summed E-state index contributed by atoms with van der Waals surface area (Å²) in [6.07, 6.45) is 1.44. The minimum Gasteiger partial charge on any atom is -0.492 e. The first-order valence-electron chi connectivity index (χ1n) is 4.17. The van der Waals surface area contributed by atoms with Gasteiger partial charge in [-0.1, -0.05) is 0 Å². The highest BCUT2D eigenvalue weighted by Crippen LogP contribution is 2.35. The van der Waals surface area contributed by atoms with Gasteiger partial charge < -0.3 is 9.47 Å². The molecule has 0 fully saturated rings. The van der Waals surface area contributed by atoms with Gasteiger partial charge in [-0.15, -0.1) is 11.6 Å². The summed E-state index contributed by atoms with van der Waals surface area (Å²) in [6.45, 7) is 0.742. The number of fused-ring (bicyclic) bond motifs is 1. The van der Waals surface area contributed by atoms with E-state index >= 15 is 0 Å². The molecular weight excluding hydrogens is 209 g/mol. The molecule has 0 N–H and O–H groups in total. The number of hydrogen-bond donors (Lipinski definition) is 0. The van der Waals surface area contributed by atoms with Crippen LogP contribution >= 0.6 is 11.6 Å². The average Bonchev–Trinajstić information content (AvgIpc) is 2.18. The van der Waals surface area contributed by atoms with E-state index in [0.717, 1.165) is 5.56 Å². The molecule has 0 aliphatic carbocycles. The second-order valence-electron chi connectivity index (χ2n) is 3.00. The highest BCUT2D eigenvalue weighted by Gasteiger charge is 2.24. The van der Waals surface area contributed by atoms with Crippen molar-refractivity contribution in [2.75, 3.05) is 13.7 Å². The third-order valence-corrected chi connectivity index (χ3v) is 2.54. The zero-order valence-corrected chi connectivity index (χ0v) is 8.34. The lowest BCUT2D eigenvalue weighted by Crippen LogP contribution is -2.15. The van der Waals surface area contributed by atoms with Gasteiger partial charge in [-0.05, 0) is 0 Å². The van der Waals surface area contributed by atoms with Gasteiger partial charge in [0.05, 0.1) is 25.7 Å². The van der Waals surface area contributed by atoms with Crippen molar-refractivity contribution in [1.82, 2.24) is 4.98 Å². The van der Waals surface area contributed by atoms with Gasteiger partial charge in [0, 0.05) is 17.3 Å². The molecule has 0 bridgehead atoms. The standard InChI is InChI=1S/C9H9ClFNO2/c1-13-8-6-3-14-4-7(10)5(6)2-12-9(8)11/h2,7H,3-4H2,1H3. The van der Waals surface area contributed by atoms with Crippen molar-refractivity contribution >= 4 is 11.6 Å². The van der Waals surface area contributed by atoms with Crippen LogP contribution in [0.5, 0.6) is 5.75 Å². The number of halogens is 2. The molecule has 14 heavy (non-hydrogen) atoms. The number of nitrogens with zero attached hydrogens (tertiary/aromatic N) is 1. The molecule has 0 radical (unpaired) electrons. The van der Waals surface area contributed by atoms with E-state index in [2.05, 4.69) is 4.98 Å². The summed E-state index contributed by atoms with van der Waals surface area (Å²) >= 11 is 5.99. The van der Waals surface area contributed by atoms with Crippen LogP contribution in [0.3, 0.4) is 0 Å². The number of alkyl halides is 1. The van der Waals surface area contributed by atoms with Crippen LogP contribution in [0.15, 0.2) is 6.20 Å². The Balaban J connectivity index is 2.55. The van der Waals surface area contributed by atoms with Gasteiger partial charge in [0.15, 0.2) is 5.75 Å². The molecule has 0 saturated heterocycles. The molecule has 0 spiro atoms. The topological polar surface area (TPSA) is 31.4 Å². The minimum atomic E-state index is -0.624. The van der Waals surface area contributed by atoms with Crippen LogP contribution < -0.4 is 4.74 Å². The van der Waals surface area contributed by atoms with Crippen molar-refractivity contribution in [2.45, 2.75) is 12.0 Å². The fraction of sp³-hybridized carbons (Fsp3) is 0.444. The van der Waals surface area contributed by atoms with Gasteiger partial charge in [0.25, 0.3) is 5.95 Å². The first-order chi connectivity index (χ1) is 6.74. The average molecular weight is 218 g/mol. The number of rotatable bonds is 1. The smallest absolute Gasteiger partial charge is 0.255 e. The Bertz CT molecular complexity index is 359. The summed E-state index contributed by atoms with van der Waals surface area (Å²) in [5, 5.41) is -0.277. The van der Waals surface area contributed by atoms with Crippen LogP contribution in [0, 0.1) is 5.95 Å². The van der Waals surface area contributed by atoms with Gasteiger partial charge in [0.2, 0.25) is 0 Å². The number of pyridine rings is 1. The summed E-state index contributed by atoms with van der Waals surface area (Å²) < 4.78 is 23.3. The Hall–Kier alpha value is -0.870. The molecular formula is C9H9ClFNO2. The SMILES string of the molecule is COc1c(F)ncc2c1COCC2Cl. The van der Waals surface area contributed by atoms with E-state index in [4.69, 9.17) is 21.1 Å². The van der Waals surface area contributed by atoms with Crippen molar-refractivity contribution in [2.24, 2.45) is 0 Å². The molecule has 1 aromatic heterocycles. The predicted octanol–water partition coefficient (Wildman–Crippen LogP) is 2.04. The maximum atomic E-state index is 13.2. The summed E-state index contributed by atoms with van der Waals surface area (Å²) in [5.74, 6) is -0.492. The lowest BCUT2D eigenvalue weighted by atomic mass is 10.1. The number of hydrogen-bond acceptors (Lipinski definition) is 3. The van der Waals surface area contributed by atoms with Gasteiger partial charge in [-0.25, -0.2) is 4.98 Å². The lowest BCUT2D eigenvalue weighted by molar-refractivity contribution is 0.104. The molecule has 1 atom stereocenters. The zero-order chi connectivity index (χ0) is 10.1. The fourth-order valence-electron chi connectivity index (χ4n) is 1.50. The second-order valence-corrected chi connectivity index (χ2v) is 3.53. The zero-order valence-electron chi connectivity index (χ0n) is 7.59. The maximum absolute atomic E-state index is 13.2. The number of aromatic nitrogens is 1. The molecule has 3 nitrogen and oxygen atoms in total. The minimum absolute atomic E-state index is 0.132. The number of ether oxygens (including phenoxy) is 2. The van der Waals surface area contributed by atoms with E-state index in [9.17, 15) is 4.39 Å². The largest absolute Gasteiger partial charge is 0.492 e. The second kappa shape index (κ2) is 3.71.